The summed E-state index contributed by atoms with van der Waals surface area (Å²) in [4.78, 5) is 2.56. The minimum Gasteiger partial charge on any atom is -0.396 e. The highest BCUT2D eigenvalue weighted by atomic mass is 16.3. The predicted octanol–water partition coefficient (Wildman–Crippen LogP) is 3.38. The van der Waals surface area contributed by atoms with Crippen molar-refractivity contribution in [3.05, 3.63) is 29.8 Å². The third-order valence-corrected chi connectivity index (χ3v) is 5.17. The first-order valence-corrected chi connectivity index (χ1v) is 7.69. The number of anilines is 1. The molecule has 1 saturated carbocycles. The van der Waals surface area contributed by atoms with Crippen LogP contribution in [0.4, 0.5) is 5.69 Å². The van der Waals surface area contributed by atoms with Crippen LogP contribution in [0, 0.1) is 5.41 Å². The number of nitrogens with zero attached hydrogens (tertiary/aromatic N) is 1. The van der Waals surface area contributed by atoms with Crippen LogP contribution in [0.25, 0.3) is 0 Å². The SMILES string of the molecule is CC1CCc2ccccc2N1CC1(CO)CCCC1. The lowest BCUT2D eigenvalue weighted by atomic mass is 9.84. The Morgan fingerprint density at radius 3 is 2.74 bits per heavy atom. The van der Waals surface area contributed by atoms with E-state index >= 15 is 0 Å². The van der Waals surface area contributed by atoms with Crippen molar-refractivity contribution in [2.24, 2.45) is 5.41 Å². The fourth-order valence-corrected chi connectivity index (χ4v) is 3.85. The van der Waals surface area contributed by atoms with Gasteiger partial charge < -0.3 is 10.0 Å². The minimum absolute atomic E-state index is 0.151. The van der Waals surface area contributed by atoms with Gasteiger partial charge in [-0.2, -0.15) is 0 Å². The number of aliphatic hydroxyl groups excluding tert-OH is 1. The molecule has 1 atom stereocenters. The highest BCUT2D eigenvalue weighted by molar-refractivity contribution is 5.56. The first-order chi connectivity index (χ1) is 9.24. The number of aryl methyl sites for hydroxylation is 1. The molecule has 1 aliphatic carbocycles. The van der Waals surface area contributed by atoms with Crippen LogP contribution in [0.3, 0.4) is 0 Å². The van der Waals surface area contributed by atoms with Crippen LogP contribution >= 0.6 is 0 Å². The van der Waals surface area contributed by atoms with Crippen molar-refractivity contribution in [1.82, 2.24) is 0 Å². The molecule has 0 bridgehead atoms. The van der Waals surface area contributed by atoms with Gasteiger partial charge in [0, 0.05) is 23.7 Å². The van der Waals surface area contributed by atoms with Crippen LogP contribution in [0.5, 0.6) is 0 Å². The molecule has 1 aromatic rings. The molecule has 1 heterocycles. The van der Waals surface area contributed by atoms with Crippen LogP contribution in [0.15, 0.2) is 24.3 Å². The molecule has 0 radical (unpaired) electrons. The van der Waals surface area contributed by atoms with E-state index in [1.54, 1.807) is 0 Å². The summed E-state index contributed by atoms with van der Waals surface area (Å²) in [6.07, 6.45) is 7.37. The molecular formula is C17H25NO. The second kappa shape index (κ2) is 5.16. The highest BCUT2D eigenvalue weighted by Gasteiger charge is 2.37. The molecule has 1 N–H and O–H groups in total. The zero-order chi connectivity index (χ0) is 13.3. The molecule has 104 valence electrons. The molecule has 2 aliphatic rings. The summed E-state index contributed by atoms with van der Waals surface area (Å²) >= 11 is 0. The Morgan fingerprint density at radius 1 is 1.26 bits per heavy atom. The Hall–Kier alpha value is -1.02. The van der Waals surface area contributed by atoms with E-state index in [4.69, 9.17) is 0 Å². The molecule has 1 aromatic carbocycles. The lowest BCUT2D eigenvalue weighted by Crippen LogP contribution is -2.45. The Kier molecular flexibility index (Phi) is 3.53. The molecule has 1 aliphatic heterocycles. The summed E-state index contributed by atoms with van der Waals surface area (Å²) in [6.45, 7) is 3.70. The molecule has 0 aromatic heterocycles. The van der Waals surface area contributed by atoms with E-state index in [9.17, 15) is 5.11 Å². The van der Waals surface area contributed by atoms with Gasteiger partial charge in [0.1, 0.15) is 0 Å². The van der Waals surface area contributed by atoms with Crippen molar-refractivity contribution in [1.29, 1.82) is 0 Å². The second-order valence-electron chi connectivity index (χ2n) is 6.51. The van der Waals surface area contributed by atoms with Crippen molar-refractivity contribution in [3.8, 4) is 0 Å². The van der Waals surface area contributed by atoms with E-state index in [1.807, 2.05) is 0 Å². The number of para-hydroxylation sites is 1. The summed E-state index contributed by atoms with van der Waals surface area (Å²) in [7, 11) is 0. The normalized spacial score (nSPS) is 25.4. The van der Waals surface area contributed by atoms with Crippen molar-refractivity contribution in [2.75, 3.05) is 18.1 Å². The highest BCUT2D eigenvalue weighted by Crippen LogP contribution is 2.41. The first kappa shape index (κ1) is 13.0. The van der Waals surface area contributed by atoms with Crippen LogP contribution < -0.4 is 4.90 Å². The summed E-state index contributed by atoms with van der Waals surface area (Å²) in [5, 5.41) is 9.85. The monoisotopic (exact) mass is 259 g/mol. The Balaban J connectivity index is 1.87. The summed E-state index contributed by atoms with van der Waals surface area (Å²) in [6, 6.07) is 9.40. The molecule has 0 spiro atoms. The number of aliphatic hydroxyl groups is 1. The van der Waals surface area contributed by atoms with Gasteiger partial charge in [-0.25, -0.2) is 0 Å². The molecule has 3 rings (SSSR count). The maximum Gasteiger partial charge on any atom is 0.0504 e. The van der Waals surface area contributed by atoms with Gasteiger partial charge in [-0.1, -0.05) is 31.0 Å². The molecule has 19 heavy (non-hydrogen) atoms. The zero-order valence-electron chi connectivity index (χ0n) is 11.9. The van der Waals surface area contributed by atoms with Crippen molar-refractivity contribution >= 4 is 5.69 Å². The number of benzene rings is 1. The summed E-state index contributed by atoms with van der Waals surface area (Å²) < 4.78 is 0. The van der Waals surface area contributed by atoms with Gasteiger partial charge in [0.15, 0.2) is 0 Å². The Bertz CT molecular complexity index is 437. The van der Waals surface area contributed by atoms with Crippen LogP contribution in [-0.4, -0.2) is 24.3 Å². The number of hydrogen-bond acceptors (Lipinski definition) is 2. The third-order valence-electron chi connectivity index (χ3n) is 5.17. The van der Waals surface area contributed by atoms with Crippen LogP contribution in [0.1, 0.15) is 44.6 Å². The predicted molar refractivity (Wildman–Crippen MR) is 79.6 cm³/mol. The van der Waals surface area contributed by atoms with Gasteiger partial charge in [-0.15, -0.1) is 0 Å². The van der Waals surface area contributed by atoms with Crippen LogP contribution in [0.2, 0.25) is 0 Å². The average Bonchev–Trinajstić information content (AvgIpc) is 2.91. The van der Waals surface area contributed by atoms with Gasteiger partial charge in [0.05, 0.1) is 6.61 Å². The first-order valence-electron chi connectivity index (χ1n) is 7.69. The fourth-order valence-electron chi connectivity index (χ4n) is 3.85. The van der Waals surface area contributed by atoms with Crippen LogP contribution in [-0.2, 0) is 6.42 Å². The number of fused-ring (bicyclic) bond motifs is 1. The lowest BCUT2D eigenvalue weighted by Gasteiger charge is -2.42. The van der Waals surface area contributed by atoms with Gasteiger partial charge in [-0.05, 0) is 44.2 Å². The minimum atomic E-state index is 0.151. The maximum absolute atomic E-state index is 9.85. The van der Waals surface area contributed by atoms with Gasteiger partial charge >= 0.3 is 0 Å². The molecule has 2 heteroatoms. The van der Waals surface area contributed by atoms with E-state index in [1.165, 1.54) is 49.8 Å². The third kappa shape index (κ3) is 2.38. The quantitative estimate of drug-likeness (QED) is 0.899. The van der Waals surface area contributed by atoms with Gasteiger partial charge in [-0.3, -0.25) is 0 Å². The molecule has 0 saturated heterocycles. The summed E-state index contributed by atoms with van der Waals surface area (Å²) in [5.74, 6) is 0. The van der Waals surface area contributed by atoms with Gasteiger partial charge in [0.2, 0.25) is 0 Å². The Morgan fingerprint density at radius 2 is 2.00 bits per heavy atom. The maximum atomic E-state index is 9.85. The fraction of sp³-hybridized carbons (Fsp3) is 0.647. The van der Waals surface area contributed by atoms with Crippen molar-refractivity contribution in [3.63, 3.8) is 0 Å². The molecule has 1 unspecified atom stereocenters. The molecular weight excluding hydrogens is 234 g/mol. The van der Waals surface area contributed by atoms with E-state index in [0.717, 1.165) is 6.54 Å². The van der Waals surface area contributed by atoms with E-state index < -0.39 is 0 Å². The molecule has 0 amide bonds. The number of rotatable bonds is 3. The smallest absolute Gasteiger partial charge is 0.0504 e. The van der Waals surface area contributed by atoms with Crippen molar-refractivity contribution < 1.29 is 5.11 Å². The molecule has 1 fully saturated rings. The second-order valence-corrected chi connectivity index (χ2v) is 6.51. The molecule has 2 nitrogen and oxygen atoms in total. The number of hydrogen-bond donors (Lipinski definition) is 1. The van der Waals surface area contributed by atoms with Gasteiger partial charge in [0.25, 0.3) is 0 Å². The lowest BCUT2D eigenvalue weighted by molar-refractivity contribution is 0.133. The topological polar surface area (TPSA) is 23.5 Å². The van der Waals surface area contributed by atoms with E-state index in [2.05, 4.69) is 36.1 Å². The largest absolute Gasteiger partial charge is 0.396 e. The standard InChI is InChI=1S/C17H25NO/c1-14-8-9-15-6-2-3-7-16(15)18(14)12-17(13-19)10-4-5-11-17/h2-3,6-7,14,19H,4-5,8-13H2,1H3. The zero-order valence-corrected chi connectivity index (χ0v) is 11.9. The van der Waals surface area contributed by atoms with E-state index in [-0.39, 0.29) is 5.41 Å². The average molecular weight is 259 g/mol. The van der Waals surface area contributed by atoms with Crippen molar-refractivity contribution in [2.45, 2.75) is 51.5 Å². The summed E-state index contributed by atoms with van der Waals surface area (Å²) in [5.41, 5.74) is 3.03. The Labute approximate surface area is 116 Å². The van der Waals surface area contributed by atoms with E-state index in [0.29, 0.717) is 12.6 Å².